The summed E-state index contributed by atoms with van der Waals surface area (Å²) in [5, 5.41) is 63.1. The summed E-state index contributed by atoms with van der Waals surface area (Å²) in [5.41, 5.74) is 5.47. The van der Waals surface area contributed by atoms with Gasteiger partial charge in [0, 0.05) is 45.9 Å². The fraction of sp³-hybridized carbons (Fsp3) is 0.457. The van der Waals surface area contributed by atoms with Crippen LogP contribution in [0.15, 0.2) is 125 Å². The summed E-state index contributed by atoms with van der Waals surface area (Å²) in [6, 6.07) is 25.5. The molecule has 2 aromatic heterocycles. The van der Waals surface area contributed by atoms with Crippen molar-refractivity contribution in [3.05, 3.63) is 162 Å². The molecule has 0 radical (unpaired) electrons. The molecule has 6 aromatic rings. The average molecular weight is 1260 g/mol. The van der Waals surface area contributed by atoms with Gasteiger partial charge >= 0.3 is 71.1 Å². The minimum absolute atomic E-state index is 0. The predicted octanol–water partition coefficient (Wildman–Crippen LogP) is 7.61. The molecule has 0 spiro atoms. The van der Waals surface area contributed by atoms with E-state index in [4.69, 9.17) is 19.0 Å². The molecule has 0 unspecified atom stereocenters. The number of aromatic carboxylic acids is 2. The van der Waals surface area contributed by atoms with Crippen molar-refractivity contribution < 1.29 is 118 Å². The number of unbranched alkanes of at least 4 members (excludes halogenated alkanes) is 10. The maximum Gasteiger partial charge on any atom is 1.00 e. The van der Waals surface area contributed by atoms with Gasteiger partial charge in [0.1, 0.15) is 23.1 Å². The number of benzene rings is 4. The molecule has 88 heavy (non-hydrogen) atoms. The van der Waals surface area contributed by atoms with Gasteiger partial charge in [-0.3, -0.25) is 19.2 Å². The Morgan fingerprint density at radius 3 is 1.16 bits per heavy atom. The molecule has 4 N–H and O–H groups in total. The Kier molecular flexibility index (Phi) is 37.3. The second-order valence-corrected chi connectivity index (χ2v) is 24.4. The topological polar surface area (TPSA) is 256 Å². The first-order chi connectivity index (χ1) is 41.5. The standard InChI is InChI=1S/2C35H44O7S.2Na/c2*1-3-5-6-7-8-9-12-24-15-17-25(18-16-24)19-21-32(28(36)13-10-14-33(38)39)43-31-22-20-26-29(37)23-30(35(40)41)42-34(26)27(31)11-4-2;;/h2*15-23,28,32,36H,3-14H2,1-2H3,(H,38,39)(H,40,41);;/q;;2*+1/p-2/b2*21-19+;;/t2*28-,32+;;/m00../s1. The number of carbonyl (C=O) groups is 4. The molecular weight excluding hydrogens is 1170 g/mol. The summed E-state index contributed by atoms with van der Waals surface area (Å²) < 4.78 is 11.3. The van der Waals surface area contributed by atoms with Crippen molar-refractivity contribution in [2.75, 3.05) is 0 Å². The van der Waals surface area contributed by atoms with Gasteiger partial charge in [-0.1, -0.05) is 178 Å². The first-order valence-electron chi connectivity index (χ1n) is 30.8. The third kappa shape index (κ3) is 26.2. The maximum absolute atomic E-state index is 12.6. The van der Waals surface area contributed by atoms with Crippen LogP contribution in [0.2, 0.25) is 0 Å². The number of aliphatic carboxylic acids is 2. The molecule has 0 aliphatic heterocycles. The number of hydrogen-bond acceptors (Lipinski definition) is 14. The van der Waals surface area contributed by atoms with Crippen LogP contribution in [0.5, 0.6) is 0 Å². The van der Waals surface area contributed by atoms with Gasteiger partial charge in [0.15, 0.2) is 22.4 Å². The monoisotopic (exact) mass is 1260 g/mol. The van der Waals surface area contributed by atoms with Gasteiger partial charge in [-0.05, 0) is 111 Å². The number of carboxylic acid groups (broad SMARTS) is 4. The van der Waals surface area contributed by atoms with Gasteiger partial charge in [-0.25, -0.2) is 0 Å². The fourth-order valence-corrected chi connectivity index (χ4v) is 12.6. The van der Waals surface area contributed by atoms with E-state index in [2.05, 4.69) is 62.4 Å². The second-order valence-electron chi connectivity index (χ2n) is 22.0. The van der Waals surface area contributed by atoms with Crippen LogP contribution in [0, 0.1) is 0 Å². The SMILES string of the molecule is CCCCCCCCc1ccc(/C=C/[C@@H](Sc2ccc3c(=O)cc(C(=O)[O-])oc3c2CCC)[C@@H](O)CCCC(=O)O)cc1.CCCCCCCCc1ccc(/C=C/[C@@H](Sc2ccc3c(=O)cc(C(=O)[O-])oc3c2CCC)[C@@H](O)CCCC(=O)O)cc1.[Na+].[Na+]. The van der Waals surface area contributed by atoms with Crippen molar-refractivity contribution in [1.29, 1.82) is 0 Å². The molecule has 0 fully saturated rings. The Hall–Kier alpha value is -4.72. The Bertz CT molecular complexity index is 3080. The molecule has 464 valence electrons. The number of aryl methyl sites for hydroxylation is 4. The Morgan fingerprint density at radius 2 is 0.830 bits per heavy atom. The van der Waals surface area contributed by atoms with Crippen LogP contribution in [0.25, 0.3) is 34.1 Å². The molecule has 0 aliphatic rings. The van der Waals surface area contributed by atoms with E-state index in [1.807, 2.05) is 38.2 Å². The van der Waals surface area contributed by atoms with E-state index < -0.39 is 69.0 Å². The fourth-order valence-electron chi connectivity index (χ4n) is 10.2. The molecule has 0 aliphatic carbocycles. The van der Waals surface area contributed by atoms with E-state index in [0.717, 1.165) is 58.7 Å². The molecule has 18 heteroatoms. The zero-order chi connectivity index (χ0) is 62.4. The van der Waals surface area contributed by atoms with E-state index in [1.54, 1.807) is 24.3 Å². The number of thioether (sulfide) groups is 2. The minimum Gasteiger partial charge on any atom is -0.542 e. The van der Waals surface area contributed by atoms with Crippen molar-refractivity contribution in [2.24, 2.45) is 0 Å². The number of carbonyl (C=O) groups excluding carboxylic acids is 2. The van der Waals surface area contributed by atoms with Crippen molar-refractivity contribution in [3.8, 4) is 0 Å². The zero-order valence-electron chi connectivity index (χ0n) is 52.4. The van der Waals surface area contributed by atoms with Gasteiger partial charge in [-0.15, -0.1) is 23.5 Å². The molecule has 0 bridgehead atoms. The molecule has 14 nitrogen and oxygen atoms in total. The average Bonchev–Trinajstić information content (AvgIpc) is 2.27. The number of fused-ring (bicyclic) bond motifs is 2. The number of carboxylic acids is 4. The van der Waals surface area contributed by atoms with Crippen LogP contribution in [-0.4, -0.2) is 67.0 Å². The Balaban J connectivity index is 0.000000450. The van der Waals surface area contributed by atoms with E-state index in [-0.39, 0.29) is 93.9 Å². The molecule has 0 amide bonds. The van der Waals surface area contributed by atoms with Crippen molar-refractivity contribution >= 4 is 81.5 Å². The molecule has 4 atom stereocenters. The van der Waals surface area contributed by atoms with Crippen LogP contribution >= 0.6 is 23.5 Å². The number of rotatable bonds is 38. The van der Waals surface area contributed by atoms with Gasteiger partial charge in [0.2, 0.25) is 0 Å². The van der Waals surface area contributed by atoms with E-state index >= 15 is 0 Å². The number of aliphatic hydroxyl groups is 2. The Morgan fingerprint density at radius 1 is 0.477 bits per heavy atom. The van der Waals surface area contributed by atoms with Crippen LogP contribution in [0.1, 0.15) is 211 Å². The summed E-state index contributed by atoms with van der Waals surface area (Å²) in [7, 11) is 0. The number of hydrogen-bond donors (Lipinski definition) is 4. The third-order valence-corrected chi connectivity index (χ3v) is 17.7. The smallest absolute Gasteiger partial charge is 0.542 e. The van der Waals surface area contributed by atoms with Gasteiger partial charge in [0.25, 0.3) is 0 Å². The zero-order valence-corrected chi connectivity index (χ0v) is 58.0. The normalized spacial score (nSPS) is 12.7. The predicted molar refractivity (Wildman–Crippen MR) is 341 cm³/mol. The molecule has 0 saturated carbocycles. The van der Waals surface area contributed by atoms with E-state index in [1.165, 1.54) is 112 Å². The van der Waals surface area contributed by atoms with Gasteiger partial charge in [0.05, 0.1) is 33.5 Å². The quantitative estimate of drug-likeness (QED) is 0.0165. The van der Waals surface area contributed by atoms with Gasteiger partial charge < -0.3 is 49.1 Å². The molecule has 2 heterocycles. The van der Waals surface area contributed by atoms with Crippen LogP contribution < -0.4 is 80.2 Å². The van der Waals surface area contributed by atoms with Crippen molar-refractivity contribution in [2.45, 2.75) is 214 Å². The first-order valence-corrected chi connectivity index (χ1v) is 32.5. The Labute approximate surface area is 571 Å². The van der Waals surface area contributed by atoms with Gasteiger partial charge in [-0.2, -0.15) is 0 Å². The summed E-state index contributed by atoms with van der Waals surface area (Å²) in [4.78, 5) is 71.8. The molecule has 4 aromatic carbocycles. The van der Waals surface area contributed by atoms with Crippen molar-refractivity contribution in [1.82, 2.24) is 0 Å². The van der Waals surface area contributed by atoms with Crippen LogP contribution in [0.4, 0.5) is 0 Å². The van der Waals surface area contributed by atoms with Crippen molar-refractivity contribution in [3.63, 3.8) is 0 Å². The molecular formula is C70H86Na2O14S2. The maximum atomic E-state index is 12.6. The summed E-state index contributed by atoms with van der Waals surface area (Å²) >= 11 is 2.78. The first kappa shape index (κ1) is 77.5. The summed E-state index contributed by atoms with van der Waals surface area (Å²) in [6.45, 7) is 8.40. The number of aliphatic hydroxyl groups excluding tert-OH is 2. The second kappa shape index (κ2) is 42.4. The largest absolute Gasteiger partial charge is 1.00 e. The van der Waals surface area contributed by atoms with Crippen LogP contribution in [0.3, 0.4) is 0 Å². The van der Waals surface area contributed by atoms with E-state index in [9.17, 15) is 49.2 Å². The molecule has 6 rings (SSSR count). The van der Waals surface area contributed by atoms with E-state index in [0.29, 0.717) is 49.7 Å². The third-order valence-electron chi connectivity index (χ3n) is 14.9. The summed E-state index contributed by atoms with van der Waals surface area (Å²) in [5.74, 6) is -6.00. The van der Waals surface area contributed by atoms with Crippen LogP contribution in [-0.2, 0) is 35.3 Å². The molecule has 0 saturated heterocycles. The minimum atomic E-state index is -1.56. The summed E-state index contributed by atoms with van der Waals surface area (Å²) in [6.07, 6.45) is 27.0.